The highest BCUT2D eigenvalue weighted by Gasteiger charge is 2.50. The minimum atomic E-state index is -0.500. The Morgan fingerprint density at radius 1 is 1.21 bits per heavy atom. The van der Waals surface area contributed by atoms with E-state index < -0.39 is 13.0 Å². The smallest absolute Gasteiger partial charge is 0.400 e. The monoisotopic (exact) mass is 197 g/mol. The van der Waals surface area contributed by atoms with Crippen LogP contribution in [0.3, 0.4) is 0 Å². The highest BCUT2D eigenvalue weighted by molar-refractivity contribution is 6.52. The molecule has 0 bridgehead atoms. The highest BCUT2D eigenvalue weighted by Crippen LogP contribution is 2.36. The van der Waals surface area contributed by atoms with Crippen LogP contribution < -0.4 is 5.73 Å². The maximum Gasteiger partial charge on any atom is 0.487 e. The average molecular weight is 197 g/mol. The first kappa shape index (κ1) is 11.3. The van der Waals surface area contributed by atoms with Crippen LogP contribution >= 0.6 is 0 Å². The fourth-order valence-corrected chi connectivity index (χ4v) is 1.14. The SMILES string of the molecule is CC1(C)OB(/C=C/C(N)=O)OC1(C)C. The average Bonchev–Trinajstić information content (AvgIpc) is 2.17. The van der Waals surface area contributed by atoms with Gasteiger partial charge in [-0.2, -0.15) is 0 Å². The molecule has 14 heavy (non-hydrogen) atoms. The van der Waals surface area contributed by atoms with Gasteiger partial charge in [-0.1, -0.05) is 0 Å². The van der Waals surface area contributed by atoms with Crippen LogP contribution in [0.5, 0.6) is 0 Å². The van der Waals surface area contributed by atoms with E-state index >= 15 is 0 Å². The van der Waals surface area contributed by atoms with Crippen LogP contribution in [-0.2, 0) is 14.1 Å². The lowest BCUT2D eigenvalue weighted by Crippen LogP contribution is -2.41. The first-order valence-corrected chi connectivity index (χ1v) is 4.58. The summed E-state index contributed by atoms with van der Waals surface area (Å²) in [5.41, 5.74) is 4.22. The van der Waals surface area contributed by atoms with E-state index in [1.54, 1.807) is 0 Å². The van der Waals surface area contributed by atoms with E-state index in [0.29, 0.717) is 0 Å². The molecule has 5 heteroatoms. The van der Waals surface area contributed by atoms with Crippen LogP contribution in [0.2, 0.25) is 0 Å². The Kier molecular flexibility index (Phi) is 2.74. The predicted octanol–water partition coefficient (Wildman–Crippen LogP) is 0.659. The van der Waals surface area contributed by atoms with E-state index in [-0.39, 0.29) is 11.2 Å². The molecule has 1 fully saturated rings. The van der Waals surface area contributed by atoms with Gasteiger partial charge in [0.25, 0.3) is 0 Å². The molecular weight excluding hydrogens is 181 g/mol. The summed E-state index contributed by atoms with van der Waals surface area (Å²) in [6.45, 7) is 7.80. The summed E-state index contributed by atoms with van der Waals surface area (Å²) < 4.78 is 11.2. The van der Waals surface area contributed by atoms with E-state index in [9.17, 15) is 4.79 Å². The van der Waals surface area contributed by atoms with Crippen LogP contribution in [-0.4, -0.2) is 24.2 Å². The van der Waals surface area contributed by atoms with Crippen molar-refractivity contribution in [3.63, 3.8) is 0 Å². The lowest BCUT2D eigenvalue weighted by Gasteiger charge is -2.32. The number of carbonyl (C=O) groups excluding carboxylic acids is 1. The zero-order chi connectivity index (χ0) is 11.0. The number of hydrogen-bond acceptors (Lipinski definition) is 3. The van der Waals surface area contributed by atoms with Crippen molar-refractivity contribution in [3.8, 4) is 0 Å². The summed E-state index contributed by atoms with van der Waals surface area (Å²) in [5, 5.41) is 0. The first-order chi connectivity index (χ1) is 6.24. The number of hydrogen-bond donors (Lipinski definition) is 1. The Balaban J connectivity index is 2.69. The number of amides is 1. The van der Waals surface area contributed by atoms with E-state index in [4.69, 9.17) is 15.0 Å². The molecule has 0 saturated carbocycles. The molecule has 0 unspecified atom stereocenters. The van der Waals surface area contributed by atoms with Gasteiger partial charge in [0, 0.05) is 0 Å². The minimum absolute atomic E-state index is 0.375. The molecule has 1 aliphatic heterocycles. The van der Waals surface area contributed by atoms with Crippen molar-refractivity contribution in [1.29, 1.82) is 0 Å². The Bertz CT molecular complexity index is 257. The normalized spacial score (nSPS) is 24.4. The van der Waals surface area contributed by atoms with Crippen molar-refractivity contribution >= 4 is 13.0 Å². The summed E-state index contributed by atoms with van der Waals surface area (Å²) in [6.07, 6.45) is 1.25. The van der Waals surface area contributed by atoms with Crippen LogP contribution in [0.15, 0.2) is 12.1 Å². The third kappa shape index (κ3) is 2.16. The molecule has 1 amide bonds. The molecule has 1 rings (SSSR count). The summed E-state index contributed by atoms with van der Waals surface area (Å²) >= 11 is 0. The van der Waals surface area contributed by atoms with Gasteiger partial charge >= 0.3 is 7.12 Å². The number of carbonyl (C=O) groups is 1. The molecule has 1 aliphatic rings. The van der Waals surface area contributed by atoms with E-state index in [1.165, 1.54) is 12.1 Å². The highest BCUT2D eigenvalue weighted by atomic mass is 16.7. The van der Waals surface area contributed by atoms with Gasteiger partial charge in [0.05, 0.1) is 11.2 Å². The Morgan fingerprint density at radius 3 is 2.00 bits per heavy atom. The Labute approximate surface area is 84.6 Å². The van der Waals surface area contributed by atoms with Crippen LogP contribution in [0, 0.1) is 0 Å². The second-order valence-electron chi connectivity index (χ2n) is 4.39. The summed E-state index contributed by atoms with van der Waals surface area (Å²) in [6, 6.07) is 0. The molecule has 2 N–H and O–H groups in total. The minimum Gasteiger partial charge on any atom is -0.400 e. The maximum absolute atomic E-state index is 10.5. The second-order valence-corrected chi connectivity index (χ2v) is 4.39. The van der Waals surface area contributed by atoms with Gasteiger partial charge in [0.15, 0.2) is 0 Å². The largest absolute Gasteiger partial charge is 0.487 e. The van der Waals surface area contributed by atoms with Crippen molar-refractivity contribution in [3.05, 3.63) is 12.1 Å². The van der Waals surface area contributed by atoms with Crippen molar-refractivity contribution in [1.82, 2.24) is 0 Å². The molecule has 0 aromatic heterocycles. The molecule has 0 aliphatic carbocycles. The molecule has 1 heterocycles. The Morgan fingerprint density at radius 2 is 1.64 bits per heavy atom. The quantitative estimate of drug-likeness (QED) is 0.522. The van der Waals surface area contributed by atoms with Gasteiger partial charge < -0.3 is 15.0 Å². The molecule has 1 saturated heterocycles. The van der Waals surface area contributed by atoms with Gasteiger partial charge in [-0.05, 0) is 39.7 Å². The maximum atomic E-state index is 10.5. The summed E-state index contributed by atoms with van der Waals surface area (Å²) in [7, 11) is -0.493. The zero-order valence-electron chi connectivity index (χ0n) is 9.03. The zero-order valence-corrected chi connectivity index (χ0v) is 9.03. The van der Waals surface area contributed by atoms with Gasteiger partial charge in [-0.25, -0.2) is 0 Å². The Hall–Kier alpha value is -0.805. The molecule has 4 nitrogen and oxygen atoms in total. The molecule has 0 atom stereocenters. The van der Waals surface area contributed by atoms with Gasteiger partial charge in [0.2, 0.25) is 5.91 Å². The second kappa shape index (κ2) is 3.40. The molecule has 0 spiro atoms. The van der Waals surface area contributed by atoms with Crippen molar-refractivity contribution in [2.45, 2.75) is 38.9 Å². The lowest BCUT2D eigenvalue weighted by molar-refractivity contribution is -0.113. The van der Waals surface area contributed by atoms with Crippen LogP contribution in [0.25, 0.3) is 0 Å². The van der Waals surface area contributed by atoms with Crippen LogP contribution in [0.4, 0.5) is 0 Å². The van der Waals surface area contributed by atoms with E-state index in [2.05, 4.69) is 0 Å². The standard InChI is InChI=1S/C9H16BNO3/c1-8(2)9(3,4)14-10(13-8)6-5-7(11)12/h5-6H,1-4H3,(H2,11,12)/b6-5+. The fraction of sp³-hybridized carbons (Fsp3) is 0.667. The molecular formula is C9H16BNO3. The molecule has 0 radical (unpaired) electrons. The summed E-state index contributed by atoms with van der Waals surface area (Å²) in [5.74, 6) is 1.03. The van der Waals surface area contributed by atoms with Gasteiger partial charge in [-0.3, -0.25) is 4.79 Å². The predicted molar refractivity (Wildman–Crippen MR) is 54.4 cm³/mol. The van der Waals surface area contributed by atoms with Crippen molar-refractivity contribution < 1.29 is 14.1 Å². The third-order valence-corrected chi connectivity index (χ3v) is 2.69. The lowest BCUT2D eigenvalue weighted by atomic mass is 9.90. The molecule has 0 aromatic carbocycles. The van der Waals surface area contributed by atoms with Gasteiger partial charge in [-0.15, -0.1) is 0 Å². The molecule has 0 aromatic rings. The van der Waals surface area contributed by atoms with E-state index in [1.807, 2.05) is 27.7 Å². The van der Waals surface area contributed by atoms with E-state index in [0.717, 1.165) is 0 Å². The third-order valence-electron chi connectivity index (χ3n) is 2.69. The van der Waals surface area contributed by atoms with Crippen LogP contribution in [0.1, 0.15) is 27.7 Å². The van der Waals surface area contributed by atoms with Crippen molar-refractivity contribution in [2.24, 2.45) is 5.73 Å². The number of primary amides is 1. The number of nitrogens with two attached hydrogens (primary N) is 1. The van der Waals surface area contributed by atoms with Crippen molar-refractivity contribution in [2.75, 3.05) is 0 Å². The van der Waals surface area contributed by atoms with Gasteiger partial charge in [0.1, 0.15) is 0 Å². The summed E-state index contributed by atoms with van der Waals surface area (Å²) in [4.78, 5) is 10.5. The molecule has 78 valence electrons. The number of rotatable bonds is 2. The first-order valence-electron chi connectivity index (χ1n) is 4.58. The fourth-order valence-electron chi connectivity index (χ4n) is 1.14. The topological polar surface area (TPSA) is 61.5 Å².